The third kappa shape index (κ3) is 4.28. The molecule has 1 atom stereocenters. The highest BCUT2D eigenvalue weighted by Gasteiger charge is 2.31. The van der Waals surface area contributed by atoms with Crippen LogP contribution in [0.2, 0.25) is 0 Å². The van der Waals surface area contributed by atoms with E-state index in [1.165, 1.54) is 27.4 Å². The van der Waals surface area contributed by atoms with Crippen molar-refractivity contribution in [3.05, 3.63) is 41.4 Å². The van der Waals surface area contributed by atoms with Crippen molar-refractivity contribution < 1.29 is 13.2 Å². The van der Waals surface area contributed by atoms with E-state index in [1.54, 1.807) is 35.2 Å². The van der Waals surface area contributed by atoms with E-state index >= 15 is 0 Å². The van der Waals surface area contributed by atoms with Crippen molar-refractivity contribution in [3.63, 3.8) is 0 Å². The molecule has 0 bridgehead atoms. The van der Waals surface area contributed by atoms with E-state index in [0.29, 0.717) is 31.1 Å². The molecule has 1 fully saturated rings. The standard InChI is InChI=1S/C17H21N3O3S3/c1-13-12-24-17(18-13)25-14(2)16(21)19-8-10-20(11-9-19)26(22,23)15-6-4-3-5-7-15/h3-7,12,14H,8-11H2,1-2H3/t14-/m1/s1. The Kier molecular flexibility index (Phi) is 6.01. The summed E-state index contributed by atoms with van der Waals surface area (Å²) in [5.74, 6) is 0.0274. The first-order chi connectivity index (χ1) is 12.4. The summed E-state index contributed by atoms with van der Waals surface area (Å²) in [7, 11) is -3.50. The number of hydrogen-bond donors (Lipinski definition) is 0. The normalized spacial score (nSPS) is 17.2. The average Bonchev–Trinajstić information content (AvgIpc) is 3.06. The van der Waals surface area contributed by atoms with E-state index in [-0.39, 0.29) is 11.2 Å². The van der Waals surface area contributed by atoms with Gasteiger partial charge in [0.15, 0.2) is 4.34 Å². The SMILES string of the molecule is Cc1csc(S[C@H](C)C(=O)N2CCN(S(=O)(=O)c3ccccc3)CC2)n1. The van der Waals surface area contributed by atoms with Crippen LogP contribution in [0.15, 0.2) is 44.9 Å². The zero-order valence-electron chi connectivity index (χ0n) is 14.7. The minimum Gasteiger partial charge on any atom is -0.339 e. The summed E-state index contributed by atoms with van der Waals surface area (Å²) in [6.45, 7) is 5.25. The highest BCUT2D eigenvalue weighted by molar-refractivity contribution is 8.02. The van der Waals surface area contributed by atoms with Crippen LogP contribution >= 0.6 is 23.1 Å². The molecule has 0 saturated carbocycles. The summed E-state index contributed by atoms with van der Waals surface area (Å²) in [4.78, 5) is 19.1. The highest BCUT2D eigenvalue weighted by atomic mass is 32.2. The molecule has 2 heterocycles. The maximum Gasteiger partial charge on any atom is 0.243 e. The molecule has 0 aliphatic carbocycles. The topological polar surface area (TPSA) is 70.6 Å². The van der Waals surface area contributed by atoms with Gasteiger partial charge in [-0.25, -0.2) is 13.4 Å². The maximum atomic E-state index is 12.7. The second kappa shape index (κ2) is 8.08. The number of piperazine rings is 1. The number of hydrogen-bond acceptors (Lipinski definition) is 6. The lowest BCUT2D eigenvalue weighted by atomic mass is 10.3. The minimum absolute atomic E-state index is 0.0274. The summed E-state index contributed by atoms with van der Waals surface area (Å²) in [5, 5.41) is 1.73. The molecule has 0 spiro atoms. The lowest BCUT2D eigenvalue weighted by molar-refractivity contribution is -0.131. The van der Waals surface area contributed by atoms with Gasteiger partial charge in [0, 0.05) is 37.3 Å². The van der Waals surface area contributed by atoms with E-state index in [9.17, 15) is 13.2 Å². The van der Waals surface area contributed by atoms with Gasteiger partial charge < -0.3 is 4.90 Å². The van der Waals surface area contributed by atoms with E-state index in [4.69, 9.17) is 0 Å². The van der Waals surface area contributed by atoms with Gasteiger partial charge in [-0.15, -0.1) is 11.3 Å². The Morgan fingerprint density at radius 2 is 1.85 bits per heavy atom. The Bertz CT molecular complexity index is 860. The molecule has 140 valence electrons. The minimum atomic E-state index is -3.50. The number of rotatable bonds is 5. The number of thiazole rings is 1. The second-order valence-corrected chi connectivity index (χ2v) is 10.4. The molecule has 9 heteroatoms. The molecule has 6 nitrogen and oxygen atoms in total. The molecule has 1 aliphatic rings. The number of sulfonamides is 1. The summed E-state index contributed by atoms with van der Waals surface area (Å²) < 4.78 is 27.6. The molecule has 0 N–H and O–H groups in total. The van der Waals surface area contributed by atoms with Gasteiger partial charge in [0.1, 0.15) is 0 Å². The molecule has 0 unspecified atom stereocenters. The number of nitrogens with zero attached hydrogens (tertiary/aromatic N) is 3. The summed E-state index contributed by atoms with van der Waals surface area (Å²) in [5.41, 5.74) is 0.955. The van der Waals surface area contributed by atoms with Crippen LogP contribution in [-0.4, -0.2) is 59.9 Å². The molecule has 1 aliphatic heterocycles. The number of carbonyl (C=O) groups excluding carboxylic acids is 1. The first-order valence-corrected chi connectivity index (χ1v) is 11.5. The number of aryl methyl sites for hydroxylation is 1. The van der Waals surface area contributed by atoms with Crippen LogP contribution < -0.4 is 0 Å². The molecule has 3 rings (SSSR count). The number of carbonyl (C=O) groups is 1. The van der Waals surface area contributed by atoms with Crippen LogP contribution in [0.5, 0.6) is 0 Å². The fraction of sp³-hybridized carbons (Fsp3) is 0.412. The van der Waals surface area contributed by atoms with E-state index < -0.39 is 10.0 Å². The number of thioether (sulfide) groups is 1. The van der Waals surface area contributed by atoms with Crippen molar-refractivity contribution in [3.8, 4) is 0 Å². The summed E-state index contributed by atoms with van der Waals surface area (Å²) >= 11 is 2.99. The molecule has 1 saturated heterocycles. The summed E-state index contributed by atoms with van der Waals surface area (Å²) in [6.07, 6.45) is 0. The van der Waals surface area contributed by atoms with Crippen molar-refractivity contribution >= 4 is 39.0 Å². The molecule has 0 radical (unpaired) electrons. The molecule has 1 aromatic heterocycles. The van der Waals surface area contributed by atoms with Crippen LogP contribution in [0, 0.1) is 6.92 Å². The monoisotopic (exact) mass is 411 g/mol. The van der Waals surface area contributed by atoms with Crippen LogP contribution in [0.25, 0.3) is 0 Å². The van der Waals surface area contributed by atoms with Gasteiger partial charge in [-0.2, -0.15) is 4.31 Å². The van der Waals surface area contributed by atoms with E-state index in [0.717, 1.165) is 10.0 Å². The van der Waals surface area contributed by atoms with Crippen molar-refractivity contribution in [2.45, 2.75) is 28.3 Å². The van der Waals surface area contributed by atoms with E-state index in [2.05, 4.69) is 4.98 Å². The van der Waals surface area contributed by atoms with Gasteiger partial charge >= 0.3 is 0 Å². The fourth-order valence-electron chi connectivity index (χ4n) is 2.74. The maximum absolute atomic E-state index is 12.7. The zero-order chi connectivity index (χ0) is 18.7. The smallest absolute Gasteiger partial charge is 0.243 e. The lowest BCUT2D eigenvalue weighted by Crippen LogP contribution is -2.52. The lowest BCUT2D eigenvalue weighted by Gasteiger charge is -2.35. The van der Waals surface area contributed by atoms with Crippen LogP contribution in [0.1, 0.15) is 12.6 Å². The van der Waals surface area contributed by atoms with Crippen LogP contribution in [0.3, 0.4) is 0 Å². The van der Waals surface area contributed by atoms with Gasteiger partial charge in [-0.3, -0.25) is 4.79 Å². The first-order valence-electron chi connectivity index (χ1n) is 8.30. The Morgan fingerprint density at radius 3 is 2.42 bits per heavy atom. The van der Waals surface area contributed by atoms with E-state index in [1.807, 2.05) is 19.2 Å². The number of benzene rings is 1. The Hall–Kier alpha value is -1.42. The third-order valence-electron chi connectivity index (χ3n) is 4.15. The number of aromatic nitrogens is 1. The van der Waals surface area contributed by atoms with Crippen molar-refractivity contribution in [1.29, 1.82) is 0 Å². The average molecular weight is 412 g/mol. The highest BCUT2D eigenvalue weighted by Crippen LogP contribution is 2.28. The number of amides is 1. The molecule has 2 aromatic rings. The zero-order valence-corrected chi connectivity index (χ0v) is 17.1. The Morgan fingerprint density at radius 1 is 1.19 bits per heavy atom. The largest absolute Gasteiger partial charge is 0.339 e. The van der Waals surface area contributed by atoms with Crippen molar-refractivity contribution in [2.75, 3.05) is 26.2 Å². The van der Waals surface area contributed by atoms with Crippen molar-refractivity contribution in [1.82, 2.24) is 14.2 Å². The van der Waals surface area contributed by atoms with Gasteiger partial charge in [-0.1, -0.05) is 30.0 Å². The third-order valence-corrected chi connectivity index (χ3v) is 8.24. The molecular weight excluding hydrogens is 390 g/mol. The van der Waals surface area contributed by atoms with Crippen molar-refractivity contribution in [2.24, 2.45) is 0 Å². The molecule has 1 amide bonds. The first kappa shape index (κ1) is 19.3. The Labute approximate surface area is 162 Å². The van der Waals surface area contributed by atoms with Gasteiger partial charge in [0.2, 0.25) is 15.9 Å². The molecule has 1 aromatic carbocycles. The second-order valence-electron chi connectivity index (χ2n) is 6.06. The molecular formula is C17H21N3O3S3. The fourth-order valence-corrected chi connectivity index (χ4v) is 6.25. The van der Waals surface area contributed by atoms with Gasteiger partial charge in [0.05, 0.1) is 10.1 Å². The van der Waals surface area contributed by atoms with Crippen LogP contribution in [-0.2, 0) is 14.8 Å². The predicted octanol–water partition coefficient (Wildman–Crippen LogP) is 2.47. The quantitative estimate of drug-likeness (QED) is 0.707. The molecule has 26 heavy (non-hydrogen) atoms. The van der Waals surface area contributed by atoms with Crippen LogP contribution in [0.4, 0.5) is 0 Å². The van der Waals surface area contributed by atoms with Gasteiger partial charge in [0.25, 0.3) is 0 Å². The van der Waals surface area contributed by atoms with Gasteiger partial charge in [-0.05, 0) is 26.0 Å². The Balaban J connectivity index is 1.58. The summed E-state index contributed by atoms with van der Waals surface area (Å²) in [6, 6.07) is 8.42. The predicted molar refractivity (Wildman–Crippen MR) is 104 cm³/mol.